The SMILES string of the molecule is CCOC(=O)c1cccc(NS(=O)(=O)c2nnc(NC(=O)c3ccc(C)cc3)s2)c1. The Morgan fingerprint density at radius 1 is 1.07 bits per heavy atom. The van der Waals surface area contributed by atoms with Gasteiger partial charge in [0, 0.05) is 11.3 Å². The summed E-state index contributed by atoms with van der Waals surface area (Å²) in [5.41, 5.74) is 1.80. The third-order valence-electron chi connectivity index (χ3n) is 3.80. The number of aryl methyl sites for hydroxylation is 1. The number of ether oxygens (including phenoxy) is 1. The van der Waals surface area contributed by atoms with Crippen LogP contribution < -0.4 is 10.0 Å². The third kappa shape index (κ3) is 5.19. The van der Waals surface area contributed by atoms with Crippen molar-refractivity contribution in [3.05, 3.63) is 65.2 Å². The number of amides is 1. The third-order valence-corrected chi connectivity index (χ3v) is 6.38. The van der Waals surface area contributed by atoms with Gasteiger partial charge in [0.2, 0.25) is 5.13 Å². The number of anilines is 2. The minimum Gasteiger partial charge on any atom is -0.462 e. The number of nitrogens with one attached hydrogen (secondary N) is 2. The van der Waals surface area contributed by atoms with E-state index in [0.717, 1.165) is 5.56 Å². The van der Waals surface area contributed by atoms with Crippen molar-refractivity contribution in [2.75, 3.05) is 16.6 Å². The number of sulfonamides is 1. The van der Waals surface area contributed by atoms with Gasteiger partial charge >= 0.3 is 5.97 Å². The number of hydrogen-bond donors (Lipinski definition) is 2. The minimum absolute atomic E-state index is 0.0428. The van der Waals surface area contributed by atoms with E-state index >= 15 is 0 Å². The first kappa shape index (κ1) is 21.4. The highest BCUT2D eigenvalue weighted by Gasteiger charge is 2.22. The zero-order valence-electron chi connectivity index (χ0n) is 16.1. The quantitative estimate of drug-likeness (QED) is 0.422. The van der Waals surface area contributed by atoms with E-state index in [1.165, 1.54) is 24.3 Å². The van der Waals surface area contributed by atoms with Crippen molar-refractivity contribution >= 4 is 44.1 Å². The Kier molecular flexibility index (Phi) is 6.43. The lowest BCUT2D eigenvalue weighted by Gasteiger charge is -2.07. The number of hydrogen-bond acceptors (Lipinski definition) is 8. The number of aromatic nitrogens is 2. The lowest BCUT2D eigenvalue weighted by Crippen LogP contribution is -2.13. The van der Waals surface area contributed by atoms with E-state index < -0.39 is 21.9 Å². The topological polar surface area (TPSA) is 127 Å². The van der Waals surface area contributed by atoms with Crippen molar-refractivity contribution < 1.29 is 22.7 Å². The van der Waals surface area contributed by atoms with Gasteiger partial charge in [-0.25, -0.2) is 4.79 Å². The van der Waals surface area contributed by atoms with E-state index in [0.29, 0.717) is 16.9 Å². The summed E-state index contributed by atoms with van der Waals surface area (Å²) in [5, 5.41) is 9.93. The van der Waals surface area contributed by atoms with E-state index in [1.54, 1.807) is 31.2 Å². The van der Waals surface area contributed by atoms with E-state index in [1.807, 2.05) is 6.92 Å². The average molecular weight is 447 g/mol. The van der Waals surface area contributed by atoms with Crippen LogP contribution in [0.15, 0.2) is 52.9 Å². The second-order valence-corrected chi connectivity index (χ2v) is 8.93. The van der Waals surface area contributed by atoms with Crippen molar-refractivity contribution in [1.82, 2.24) is 10.2 Å². The van der Waals surface area contributed by atoms with Gasteiger partial charge in [-0.2, -0.15) is 8.42 Å². The summed E-state index contributed by atoms with van der Waals surface area (Å²) in [6.07, 6.45) is 0. The second-order valence-electron chi connectivity index (χ2n) is 6.10. The van der Waals surface area contributed by atoms with Gasteiger partial charge in [-0.3, -0.25) is 14.8 Å². The largest absolute Gasteiger partial charge is 0.462 e. The maximum atomic E-state index is 12.6. The summed E-state index contributed by atoms with van der Waals surface area (Å²) < 4.78 is 32.1. The molecule has 0 aliphatic rings. The Morgan fingerprint density at radius 3 is 2.50 bits per heavy atom. The molecule has 0 saturated carbocycles. The zero-order chi connectivity index (χ0) is 21.7. The lowest BCUT2D eigenvalue weighted by molar-refractivity contribution is 0.0526. The Balaban J connectivity index is 1.72. The first-order valence-electron chi connectivity index (χ1n) is 8.80. The molecule has 1 aromatic heterocycles. The van der Waals surface area contributed by atoms with Gasteiger partial charge in [0.25, 0.3) is 20.3 Å². The van der Waals surface area contributed by atoms with Gasteiger partial charge in [0.05, 0.1) is 12.2 Å². The molecule has 2 N–H and O–H groups in total. The molecule has 3 rings (SSSR count). The smallest absolute Gasteiger partial charge is 0.338 e. The molecule has 0 atom stereocenters. The summed E-state index contributed by atoms with van der Waals surface area (Å²) in [7, 11) is -4.06. The Morgan fingerprint density at radius 2 is 1.80 bits per heavy atom. The van der Waals surface area contributed by atoms with Crippen LogP contribution in [0.4, 0.5) is 10.8 Å². The molecule has 11 heteroatoms. The molecule has 0 aliphatic heterocycles. The first-order valence-corrected chi connectivity index (χ1v) is 11.1. The lowest BCUT2D eigenvalue weighted by atomic mass is 10.1. The average Bonchev–Trinajstić information content (AvgIpc) is 3.18. The van der Waals surface area contributed by atoms with Crippen molar-refractivity contribution in [3.63, 3.8) is 0 Å². The van der Waals surface area contributed by atoms with Crippen molar-refractivity contribution in [2.24, 2.45) is 0 Å². The summed E-state index contributed by atoms with van der Waals surface area (Å²) >= 11 is 0.708. The molecule has 0 radical (unpaired) electrons. The predicted octanol–water partition coefficient (Wildman–Crippen LogP) is 3.08. The summed E-state index contributed by atoms with van der Waals surface area (Å²) in [6.45, 7) is 3.78. The highest BCUT2D eigenvalue weighted by atomic mass is 32.2. The second kappa shape index (κ2) is 9.01. The number of carbonyl (C=O) groups is 2. The maximum Gasteiger partial charge on any atom is 0.338 e. The predicted molar refractivity (Wildman–Crippen MR) is 112 cm³/mol. The molecule has 1 amide bonds. The van der Waals surface area contributed by atoms with Gasteiger partial charge in [-0.1, -0.05) is 35.1 Å². The number of rotatable bonds is 7. The number of benzene rings is 2. The van der Waals surface area contributed by atoms with Gasteiger partial charge in [0.15, 0.2) is 0 Å². The molecule has 0 aliphatic carbocycles. The molecule has 1 heterocycles. The highest BCUT2D eigenvalue weighted by molar-refractivity contribution is 7.94. The normalized spacial score (nSPS) is 11.0. The molecule has 0 saturated heterocycles. The van der Waals surface area contributed by atoms with Crippen LogP contribution in [0.5, 0.6) is 0 Å². The molecular weight excluding hydrogens is 428 g/mol. The first-order chi connectivity index (χ1) is 14.3. The Labute approximate surface area is 177 Å². The van der Waals surface area contributed by atoms with Crippen LogP contribution >= 0.6 is 11.3 Å². The number of nitrogens with zero attached hydrogens (tertiary/aromatic N) is 2. The van der Waals surface area contributed by atoms with Gasteiger partial charge < -0.3 is 4.74 Å². The van der Waals surface area contributed by atoms with Crippen LogP contribution in [0.3, 0.4) is 0 Å². The van der Waals surface area contributed by atoms with Crippen LogP contribution in [0.1, 0.15) is 33.2 Å². The number of carbonyl (C=O) groups excluding carboxylic acids is 2. The van der Waals surface area contributed by atoms with Crippen molar-refractivity contribution in [3.8, 4) is 0 Å². The molecule has 0 spiro atoms. The molecule has 3 aromatic rings. The molecule has 156 valence electrons. The van der Waals surface area contributed by atoms with Crippen LogP contribution in [0.25, 0.3) is 0 Å². The molecule has 0 fully saturated rings. The fourth-order valence-corrected chi connectivity index (χ4v) is 4.31. The Bertz CT molecular complexity index is 1170. The molecule has 0 bridgehead atoms. The maximum absolute atomic E-state index is 12.6. The van der Waals surface area contributed by atoms with Crippen molar-refractivity contribution in [1.29, 1.82) is 0 Å². The van der Waals surface area contributed by atoms with Gasteiger partial charge in [-0.15, -0.1) is 10.2 Å². The van der Waals surface area contributed by atoms with Gasteiger partial charge in [-0.05, 0) is 44.2 Å². The van der Waals surface area contributed by atoms with Gasteiger partial charge in [0.1, 0.15) is 0 Å². The molecule has 9 nitrogen and oxygen atoms in total. The summed E-state index contributed by atoms with van der Waals surface area (Å²) in [4.78, 5) is 24.1. The van der Waals surface area contributed by atoms with E-state index in [2.05, 4.69) is 20.2 Å². The van der Waals surface area contributed by atoms with Crippen LogP contribution in [0.2, 0.25) is 0 Å². The van der Waals surface area contributed by atoms with Crippen LogP contribution in [-0.2, 0) is 14.8 Å². The van der Waals surface area contributed by atoms with Crippen molar-refractivity contribution in [2.45, 2.75) is 18.2 Å². The number of esters is 1. The molecule has 0 unspecified atom stereocenters. The summed E-state index contributed by atoms with van der Waals surface area (Å²) in [5.74, 6) is -0.985. The van der Waals surface area contributed by atoms with Crippen LogP contribution in [0, 0.1) is 6.92 Å². The standard InChI is InChI=1S/C19H18N4O5S2/c1-3-28-17(25)14-5-4-6-15(11-14)23-30(26,27)19-22-21-18(29-19)20-16(24)13-9-7-12(2)8-10-13/h4-11,23H,3H2,1-2H3,(H,20,21,24). The highest BCUT2D eigenvalue weighted by Crippen LogP contribution is 2.23. The monoisotopic (exact) mass is 446 g/mol. The molecular formula is C19H18N4O5S2. The zero-order valence-corrected chi connectivity index (χ0v) is 17.7. The minimum atomic E-state index is -4.06. The van der Waals surface area contributed by atoms with E-state index in [9.17, 15) is 18.0 Å². The molecule has 30 heavy (non-hydrogen) atoms. The molecule has 2 aromatic carbocycles. The van der Waals surface area contributed by atoms with E-state index in [4.69, 9.17) is 4.74 Å². The fraction of sp³-hybridized carbons (Fsp3) is 0.158. The fourth-order valence-electron chi connectivity index (χ4n) is 2.37. The Hall–Kier alpha value is -3.31. The summed E-state index contributed by atoms with van der Waals surface area (Å²) in [6, 6.07) is 12.8. The van der Waals surface area contributed by atoms with Crippen LogP contribution in [-0.4, -0.2) is 37.1 Å². The van der Waals surface area contributed by atoms with E-state index in [-0.39, 0.29) is 27.3 Å².